The first kappa shape index (κ1) is 16.0. The van der Waals surface area contributed by atoms with Gasteiger partial charge in [0.2, 0.25) is 0 Å². The molecule has 1 heterocycles. The quantitative estimate of drug-likeness (QED) is 0.868. The standard InChI is InChI=1S/C18H27NO2/c1-14(2)11-15-6-8-16(9-7-15)13-19-10-4-3-5-17(19)12-18(20)21/h6-9,14,17H,3-5,10-13H2,1-2H3,(H,20,21). The van der Waals surface area contributed by atoms with Crippen molar-refractivity contribution in [2.75, 3.05) is 6.54 Å². The van der Waals surface area contributed by atoms with Crippen LogP contribution in [0.2, 0.25) is 0 Å². The number of hydrogen-bond donors (Lipinski definition) is 1. The summed E-state index contributed by atoms with van der Waals surface area (Å²) < 4.78 is 0. The number of benzene rings is 1. The van der Waals surface area contributed by atoms with E-state index in [9.17, 15) is 4.79 Å². The van der Waals surface area contributed by atoms with Gasteiger partial charge >= 0.3 is 5.97 Å². The van der Waals surface area contributed by atoms with E-state index in [1.54, 1.807) is 0 Å². The highest BCUT2D eigenvalue weighted by molar-refractivity contribution is 5.67. The summed E-state index contributed by atoms with van der Waals surface area (Å²) in [6, 6.07) is 9.03. The number of carboxylic acid groups (broad SMARTS) is 1. The Labute approximate surface area is 128 Å². The molecule has 3 nitrogen and oxygen atoms in total. The Morgan fingerprint density at radius 2 is 1.90 bits per heavy atom. The van der Waals surface area contributed by atoms with Gasteiger partial charge in [-0.05, 0) is 42.9 Å². The van der Waals surface area contributed by atoms with Crippen LogP contribution in [0.1, 0.15) is 50.7 Å². The van der Waals surface area contributed by atoms with Gasteiger partial charge in [0.05, 0.1) is 6.42 Å². The predicted molar refractivity (Wildman–Crippen MR) is 85.3 cm³/mol. The Kier molecular flexibility index (Phi) is 5.80. The van der Waals surface area contributed by atoms with Gasteiger partial charge in [-0.25, -0.2) is 0 Å². The van der Waals surface area contributed by atoms with Crippen LogP contribution in [-0.4, -0.2) is 28.6 Å². The molecule has 0 aromatic heterocycles. The van der Waals surface area contributed by atoms with E-state index < -0.39 is 5.97 Å². The zero-order valence-electron chi connectivity index (χ0n) is 13.2. The lowest BCUT2D eigenvalue weighted by Crippen LogP contribution is -2.40. The summed E-state index contributed by atoms with van der Waals surface area (Å²) in [7, 11) is 0. The molecule has 21 heavy (non-hydrogen) atoms. The van der Waals surface area contributed by atoms with Crippen LogP contribution in [0.5, 0.6) is 0 Å². The number of piperidine rings is 1. The number of likely N-dealkylation sites (tertiary alicyclic amines) is 1. The predicted octanol–water partition coefficient (Wildman–Crippen LogP) is 3.71. The Bertz CT molecular complexity index is 453. The van der Waals surface area contributed by atoms with Gasteiger partial charge in [0.15, 0.2) is 0 Å². The number of nitrogens with zero attached hydrogens (tertiary/aromatic N) is 1. The number of carboxylic acids is 1. The highest BCUT2D eigenvalue weighted by Gasteiger charge is 2.24. The van der Waals surface area contributed by atoms with Crippen molar-refractivity contribution in [3.63, 3.8) is 0 Å². The fraction of sp³-hybridized carbons (Fsp3) is 0.611. The van der Waals surface area contributed by atoms with Gasteiger partial charge in [-0.2, -0.15) is 0 Å². The molecule has 2 rings (SSSR count). The number of rotatable bonds is 6. The summed E-state index contributed by atoms with van der Waals surface area (Å²) in [5, 5.41) is 9.04. The third kappa shape index (κ3) is 5.16. The number of carbonyl (C=O) groups is 1. The van der Waals surface area contributed by atoms with Gasteiger partial charge in [-0.3, -0.25) is 9.69 Å². The summed E-state index contributed by atoms with van der Waals surface area (Å²) in [6.45, 7) is 6.36. The lowest BCUT2D eigenvalue weighted by atomic mass is 9.97. The highest BCUT2D eigenvalue weighted by atomic mass is 16.4. The van der Waals surface area contributed by atoms with Crippen molar-refractivity contribution in [3.05, 3.63) is 35.4 Å². The molecule has 1 fully saturated rings. The molecule has 0 aliphatic carbocycles. The first-order valence-electron chi connectivity index (χ1n) is 8.08. The van der Waals surface area contributed by atoms with E-state index in [1.165, 1.54) is 17.5 Å². The maximum Gasteiger partial charge on any atom is 0.304 e. The van der Waals surface area contributed by atoms with Crippen molar-refractivity contribution in [1.29, 1.82) is 0 Å². The van der Waals surface area contributed by atoms with Crippen molar-refractivity contribution in [3.8, 4) is 0 Å². The lowest BCUT2D eigenvalue weighted by molar-refractivity contribution is -0.138. The second-order valence-electron chi connectivity index (χ2n) is 6.63. The maximum atomic E-state index is 11.0. The summed E-state index contributed by atoms with van der Waals surface area (Å²) >= 11 is 0. The van der Waals surface area contributed by atoms with E-state index in [1.807, 2.05) is 0 Å². The molecule has 1 unspecified atom stereocenters. The first-order valence-corrected chi connectivity index (χ1v) is 8.08. The molecule has 0 saturated carbocycles. The average Bonchev–Trinajstić information content (AvgIpc) is 2.42. The van der Waals surface area contributed by atoms with Crippen LogP contribution in [0.3, 0.4) is 0 Å². The molecule has 1 aliphatic heterocycles. The lowest BCUT2D eigenvalue weighted by Gasteiger charge is -2.35. The Morgan fingerprint density at radius 1 is 1.24 bits per heavy atom. The third-order valence-electron chi connectivity index (χ3n) is 4.21. The van der Waals surface area contributed by atoms with Crippen molar-refractivity contribution >= 4 is 5.97 Å². The zero-order chi connectivity index (χ0) is 15.2. The number of hydrogen-bond acceptors (Lipinski definition) is 2. The minimum absolute atomic E-state index is 0.201. The van der Waals surface area contributed by atoms with Gasteiger partial charge in [0.1, 0.15) is 0 Å². The average molecular weight is 289 g/mol. The van der Waals surface area contributed by atoms with Crippen LogP contribution in [0.25, 0.3) is 0 Å². The monoisotopic (exact) mass is 289 g/mol. The Morgan fingerprint density at radius 3 is 2.52 bits per heavy atom. The molecule has 116 valence electrons. The molecule has 3 heteroatoms. The van der Waals surface area contributed by atoms with Crippen molar-refractivity contribution < 1.29 is 9.90 Å². The van der Waals surface area contributed by atoms with Crippen molar-refractivity contribution in [2.24, 2.45) is 5.92 Å². The smallest absolute Gasteiger partial charge is 0.304 e. The first-order chi connectivity index (χ1) is 10.0. The zero-order valence-corrected chi connectivity index (χ0v) is 13.2. The molecule has 1 aliphatic rings. The fourth-order valence-electron chi connectivity index (χ4n) is 3.19. The number of aliphatic carboxylic acids is 1. The van der Waals surface area contributed by atoms with E-state index in [0.29, 0.717) is 5.92 Å². The third-order valence-corrected chi connectivity index (χ3v) is 4.21. The summed E-state index contributed by atoms with van der Waals surface area (Å²) in [5.74, 6) is -0.00271. The molecule has 0 amide bonds. The van der Waals surface area contributed by atoms with Crippen LogP contribution in [0.15, 0.2) is 24.3 Å². The van der Waals surface area contributed by atoms with Crippen LogP contribution in [0.4, 0.5) is 0 Å². The van der Waals surface area contributed by atoms with Crippen LogP contribution in [0, 0.1) is 5.92 Å². The van der Waals surface area contributed by atoms with E-state index in [4.69, 9.17) is 5.11 Å². The minimum Gasteiger partial charge on any atom is -0.481 e. The second-order valence-corrected chi connectivity index (χ2v) is 6.63. The van der Waals surface area contributed by atoms with E-state index in [0.717, 1.165) is 32.4 Å². The van der Waals surface area contributed by atoms with Gasteiger partial charge < -0.3 is 5.11 Å². The van der Waals surface area contributed by atoms with E-state index in [-0.39, 0.29) is 12.5 Å². The van der Waals surface area contributed by atoms with Crippen LogP contribution in [-0.2, 0) is 17.8 Å². The maximum absolute atomic E-state index is 11.0. The molecule has 0 radical (unpaired) electrons. The van der Waals surface area contributed by atoms with Gasteiger partial charge in [-0.1, -0.05) is 44.5 Å². The summed E-state index contributed by atoms with van der Waals surface area (Å²) in [6.07, 6.45) is 4.73. The topological polar surface area (TPSA) is 40.5 Å². The van der Waals surface area contributed by atoms with Gasteiger partial charge in [0, 0.05) is 12.6 Å². The summed E-state index contributed by atoms with van der Waals surface area (Å²) in [5.41, 5.74) is 2.68. The molecule has 1 aromatic rings. The largest absolute Gasteiger partial charge is 0.481 e. The minimum atomic E-state index is -0.681. The molecular formula is C18H27NO2. The van der Waals surface area contributed by atoms with Gasteiger partial charge in [-0.15, -0.1) is 0 Å². The Balaban J connectivity index is 1.96. The van der Waals surface area contributed by atoms with Gasteiger partial charge in [0.25, 0.3) is 0 Å². The molecule has 1 atom stereocenters. The summed E-state index contributed by atoms with van der Waals surface area (Å²) in [4.78, 5) is 13.3. The SMILES string of the molecule is CC(C)Cc1ccc(CN2CCCCC2CC(=O)O)cc1. The molecule has 0 bridgehead atoms. The molecule has 1 N–H and O–H groups in total. The normalized spacial score (nSPS) is 19.9. The molecule has 1 saturated heterocycles. The van der Waals surface area contributed by atoms with E-state index >= 15 is 0 Å². The van der Waals surface area contributed by atoms with Crippen molar-refractivity contribution in [2.45, 2.75) is 58.5 Å². The van der Waals surface area contributed by atoms with E-state index in [2.05, 4.69) is 43.0 Å². The molecule has 0 spiro atoms. The Hall–Kier alpha value is -1.35. The van der Waals surface area contributed by atoms with Crippen LogP contribution < -0.4 is 0 Å². The molecule has 1 aromatic carbocycles. The highest BCUT2D eigenvalue weighted by Crippen LogP contribution is 2.22. The second kappa shape index (κ2) is 7.60. The fourth-order valence-corrected chi connectivity index (χ4v) is 3.19. The van der Waals surface area contributed by atoms with Crippen LogP contribution >= 0.6 is 0 Å². The van der Waals surface area contributed by atoms with Crippen molar-refractivity contribution in [1.82, 2.24) is 4.90 Å². The molecular weight excluding hydrogens is 262 g/mol.